The monoisotopic (exact) mass is 380 g/mol. The quantitative estimate of drug-likeness (QED) is 0.568. The summed E-state index contributed by atoms with van der Waals surface area (Å²) in [5.41, 5.74) is 3.73. The molecule has 0 saturated carbocycles. The van der Waals surface area contributed by atoms with Crippen molar-refractivity contribution in [3.63, 3.8) is 0 Å². The second kappa shape index (κ2) is 6.94. The number of benzene rings is 1. The first kappa shape index (κ1) is 17.9. The van der Waals surface area contributed by atoms with E-state index >= 15 is 0 Å². The molecule has 3 heterocycles. The van der Waals surface area contributed by atoms with Crippen molar-refractivity contribution in [3.05, 3.63) is 51.3 Å². The predicted octanol–water partition coefficient (Wildman–Crippen LogP) is 4.04. The maximum absolute atomic E-state index is 12.8. The lowest BCUT2D eigenvalue weighted by Gasteiger charge is -2.10. The van der Waals surface area contributed by atoms with E-state index in [9.17, 15) is 4.79 Å². The zero-order chi connectivity index (χ0) is 19.1. The van der Waals surface area contributed by atoms with E-state index in [1.54, 1.807) is 0 Å². The van der Waals surface area contributed by atoms with Gasteiger partial charge in [-0.3, -0.25) is 9.89 Å². The molecule has 0 aliphatic heterocycles. The predicted molar refractivity (Wildman–Crippen MR) is 114 cm³/mol. The summed E-state index contributed by atoms with van der Waals surface area (Å²) >= 11 is 1.84. The van der Waals surface area contributed by atoms with Gasteiger partial charge in [-0.15, -0.1) is 11.3 Å². The van der Waals surface area contributed by atoms with E-state index in [-0.39, 0.29) is 5.56 Å². The molecule has 0 amide bonds. The van der Waals surface area contributed by atoms with Gasteiger partial charge in [0.2, 0.25) is 0 Å². The number of pyridine rings is 1. The third-order valence-electron chi connectivity index (χ3n) is 5.02. The number of aryl methyl sites for hydroxylation is 2. The number of nitrogens with zero attached hydrogens (tertiary/aromatic N) is 3. The molecular formula is C21H24N4OS. The first-order valence-electron chi connectivity index (χ1n) is 9.24. The van der Waals surface area contributed by atoms with Gasteiger partial charge in [-0.25, -0.2) is 0 Å². The third-order valence-corrected chi connectivity index (χ3v) is 6.21. The standard InChI is InChI=1S/C21H24N4OS/c1-5-25-17-8-6-14(18-9-7-15(27-18)10-11-24(3)4)12-16(17)20-19(21(25)26)13(2)22-23-20/h6-9,12H,5,10-11H2,1-4H3,(H,22,23). The summed E-state index contributed by atoms with van der Waals surface area (Å²) < 4.78 is 1.83. The highest BCUT2D eigenvalue weighted by atomic mass is 32.1. The Kier molecular flexibility index (Phi) is 4.61. The molecule has 4 rings (SSSR count). The maximum atomic E-state index is 12.8. The highest BCUT2D eigenvalue weighted by Gasteiger charge is 2.15. The van der Waals surface area contributed by atoms with Crippen LogP contribution in [0.15, 0.2) is 35.1 Å². The summed E-state index contributed by atoms with van der Waals surface area (Å²) in [7, 11) is 4.20. The Morgan fingerprint density at radius 3 is 2.78 bits per heavy atom. The van der Waals surface area contributed by atoms with Crippen molar-refractivity contribution in [1.29, 1.82) is 0 Å². The summed E-state index contributed by atoms with van der Waals surface area (Å²) in [6.07, 6.45) is 1.06. The lowest BCUT2D eigenvalue weighted by Crippen LogP contribution is -2.20. The second-order valence-electron chi connectivity index (χ2n) is 7.17. The van der Waals surface area contributed by atoms with Crippen molar-refractivity contribution in [2.24, 2.45) is 0 Å². The summed E-state index contributed by atoms with van der Waals surface area (Å²) in [5, 5.41) is 9.14. The molecule has 0 bridgehead atoms. The van der Waals surface area contributed by atoms with E-state index in [2.05, 4.69) is 59.5 Å². The average Bonchev–Trinajstić information content (AvgIpc) is 3.27. The maximum Gasteiger partial charge on any atom is 0.262 e. The van der Waals surface area contributed by atoms with Crippen LogP contribution < -0.4 is 5.56 Å². The zero-order valence-corrected chi connectivity index (χ0v) is 17.0. The molecule has 1 aromatic carbocycles. The molecule has 0 fully saturated rings. The van der Waals surface area contributed by atoms with E-state index in [1.807, 2.05) is 29.8 Å². The Bertz CT molecular complexity index is 1180. The smallest absolute Gasteiger partial charge is 0.262 e. The number of aromatic amines is 1. The molecule has 0 aliphatic rings. The Hall–Kier alpha value is -2.44. The number of rotatable bonds is 5. The molecule has 140 valence electrons. The molecule has 4 aromatic rings. The number of fused-ring (bicyclic) bond motifs is 3. The van der Waals surface area contributed by atoms with Crippen molar-refractivity contribution in [1.82, 2.24) is 19.7 Å². The van der Waals surface area contributed by atoms with E-state index in [4.69, 9.17) is 0 Å². The Labute approximate surface area is 162 Å². The minimum Gasteiger partial charge on any atom is -0.309 e. The van der Waals surface area contributed by atoms with Crippen LogP contribution in [0, 0.1) is 6.92 Å². The van der Waals surface area contributed by atoms with Crippen molar-refractivity contribution >= 4 is 33.1 Å². The van der Waals surface area contributed by atoms with Crippen LogP contribution in [0.25, 0.3) is 32.2 Å². The summed E-state index contributed by atoms with van der Waals surface area (Å²) in [5.74, 6) is 0. The number of H-pyrrole nitrogens is 1. The fourth-order valence-corrected chi connectivity index (χ4v) is 4.55. The SMILES string of the molecule is CCn1c(=O)c2c(C)[nH]nc2c2cc(-c3ccc(CCN(C)C)s3)ccc21. The zero-order valence-electron chi connectivity index (χ0n) is 16.2. The van der Waals surface area contributed by atoms with Crippen LogP contribution in [0.5, 0.6) is 0 Å². The highest BCUT2D eigenvalue weighted by molar-refractivity contribution is 7.15. The molecule has 3 aromatic heterocycles. The van der Waals surface area contributed by atoms with E-state index < -0.39 is 0 Å². The molecule has 0 saturated heterocycles. The molecular weight excluding hydrogens is 356 g/mol. The van der Waals surface area contributed by atoms with Crippen molar-refractivity contribution < 1.29 is 0 Å². The number of likely N-dealkylation sites (N-methyl/N-ethyl adjacent to an activating group) is 1. The van der Waals surface area contributed by atoms with Gasteiger partial charge < -0.3 is 9.47 Å². The first-order valence-corrected chi connectivity index (χ1v) is 10.1. The van der Waals surface area contributed by atoms with Crippen LogP contribution in [0.4, 0.5) is 0 Å². The molecule has 0 aliphatic carbocycles. The van der Waals surface area contributed by atoms with E-state index in [0.29, 0.717) is 11.9 Å². The summed E-state index contributed by atoms with van der Waals surface area (Å²) in [6, 6.07) is 10.7. The Morgan fingerprint density at radius 1 is 1.22 bits per heavy atom. The van der Waals surface area contributed by atoms with Crippen LogP contribution in [-0.4, -0.2) is 40.3 Å². The van der Waals surface area contributed by atoms with Crippen molar-refractivity contribution in [2.75, 3.05) is 20.6 Å². The lowest BCUT2D eigenvalue weighted by atomic mass is 10.1. The lowest BCUT2D eigenvalue weighted by molar-refractivity contribution is 0.415. The topological polar surface area (TPSA) is 53.9 Å². The number of thiophene rings is 1. The van der Waals surface area contributed by atoms with Gasteiger partial charge in [0.15, 0.2) is 0 Å². The molecule has 1 N–H and O–H groups in total. The highest BCUT2D eigenvalue weighted by Crippen LogP contribution is 2.32. The van der Waals surface area contributed by atoms with Crippen molar-refractivity contribution in [3.8, 4) is 10.4 Å². The van der Waals surface area contributed by atoms with Gasteiger partial charge in [0, 0.05) is 33.9 Å². The molecule has 0 spiro atoms. The van der Waals surface area contributed by atoms with Gasteiger partial charge in [0.05, 0.1) is 10.9 Å². The first-order chi connectivity index (χ1) is 13.0. The Morgan fingerprint density at radius 2 is 2.04 bits per heavy atom. The van der Waals surface area contributed by atoms with Gasteiger partial charge in [0.25, 0.3) is 5.56 Å². The molecule has 0 radical (unpaired) electrons. The minimum atomic E-state index is 0.0288. The van der Waals surface area contributed by atoms with Crippen LogP contribution in [0.1, 0.15) is 17.5 Å². The fourth-order valence-electron chi connectivity index (χ4n) is 3.56. The van der Waals surface area contributed by atoms with Gasteiger partial charge in [-0.1, -0.05) is 6.07 Å². The van der Waals surface area contributed by atoms with Gasteiger partial charge in [0.1, 0.15) is 5.52 Å². The van der Waals surface area contributed by atoms with Crippen LogP contribution in [0.3, 0.4) is 0 Å². The largest absolute Gasteiger partial charge is 0.309 e. The van der Waals surface area contributed by atoms with Crippen LogP contribution in [-0.2, 0) is 13.0 Å². The average molecular weight is 381 g/mol. The van der Waals surface area contributed by atoms with Gasteiger partial charge in [-0.05, 0) is 64.2 Å². The van der Waals surface area contributed by atoms with E-state index in [0.717, 1.165) is 35.1 Å². The second-order valence-corrected chi connectivity index (χ2v) is 8.34. The Balaban J connectivity index is 1.86. The minimum absolute atomic E-state index is 0.0288. The third kappa shape index (κ3) is 3.09. The molecule has 6 heteroatoms. The van der Waals surface area contributed by atoms with Gasteiger partial charge in [-0.2, -0.15) is 5.10 Å². The summed E-state index contributed by atoms with van der Waals surface area (Å²) in [6.45, 7) is 5.60. The molecule has 27 heavy (non-hydrogen) atoms. The molecule has 5 nitrogen and oxygen atoms in total. The number of nitrogens with one attached hydrogen (secondary N) is 1. The number of hydrogen-bond donors (Lipinski definition) is 1. The fraction of sp³-hybridized carbons (Fsp3) is 0.333. The number of aromatic nitrogens is 3. The normalized spacial score (nSPS) is 11.9. The van der Waals surface area contributed by atoms with E-state index in [1.165, 1.54) is 15.3 Å². The summed E-state index contributed by atoms with van der Waals surface area (Å²) in [4.78, 5) is 17.7. The molecule has 0 unspecified atom stereocenters. The number of hydrogen-bond acceptors (Lipinski definition) is 4. The van der Waals surface area contributed by atoms with Crippen LogP contribution in [0.2, 0.25) is 0 Å². The van der Waals surface area contributed by atoms with Crippen LogP contribution >= 0.6 is 11.3 Å². The molecule has 0 atom stereocenters. The van der Waals surface area contributed by atoms with Crippen molar-refractivity contribution in [2.45, 2.75) is 26.8 Å². The van der Waals surface area contributed by atoms with Gasteiger partial charge >= 0.3 is 0 Å².